The number of H-pyrrole nitrogens is 1. The van der Waals surface area contributed by atoms with Crippen molar-refractivity contribution in [3.63, 3.8) is 0 Å². The number of benzene rings is 1. The van der Waals surface area contributed by atoms with E-state index in [9.17, 15) is 4.39 Å². The Morgan fingerprint density at radius 3 is 2.68 bits per heavy atom. The highest BCUT2D eigenvalue weighted by molar-refractivity contribution is 5.88. The van der Waals surface area contributed by atoms with E-state index in [0.29, 0.717) is 11.6 Å². The maximum absolute atomic E-state index is 12.9. The van der Waals surface area contributed by atoms with Crippen molar-refractivity contribution in [2.75, 3.05) is 0 Å². The molecular weight excluding hydrogens is 281 g/mol. The molecule has 0 bridgehead atoms. The molecule has 22 heavy (non-hydrogen) atoms. The number of halogens is 1. The average molecular weight is 295 g/mol. The second-order valence-corrected chi connectivity index (χ2v) is 5.14. The van der Waals surface area contributed by atoms with Crippen LogP contribution < -0.4 is 4.74 Å². The van der Waals surface area contributed by atoms with Crippen LogP contribution in [0.5, 0.6) is 5.88 Å². The molecule has 0 aliphatic heterocycles. The van der Waals surface area contributed by atoms with Crippen molar-refractivity contribution in [1.82, 2.24) is 9.97 Å². The van der Waals surface area contributed by atoms with Gasteiger partial charge in [-0.2, -0.15) is 5.26 Å². The molecule has 3 aromatic rings. The first-order valence-corrected chi connectivity index (χ1v) is 6.85. The number of nitrogens with zero attached hydrogens (tertiary/aromatic N) is 2. The molecule has 5 heteroatoms. The van der Waals surface area contributed by atoms with Crippen LogP contribution >= 0.6 is 0 Å². The van der Waals surface area contributed by atoms with Crippen LogP contribution in [0.4, 0.5) is 4.39 Å². The first-order chi connectivity index (χ1) is 10.6. The number of fused-ring (bicyclic) bond motifs is 1. The van der Waals surface area contributed by atoms with E-state index >= 15 is 0 Å². The van der Waals surface area contributed by atoms with Crippen LogP contribution in [0.15, 0.2) is 30.3 Å². The molecule has 1 N–H and O–H groups in total. The number of ether oxygens (including phenoxy) is 1. The molecule has 0 aliphatic carbocycles. The number of rotatable bonds is 3. The van der Waals surface area contributed by atoms with Crippen LogP contribution in [0.2, 0.25) is 0 Å². The van der Waals surface area contributed by atoms with Crippen molar-refractivity contribution in [1.29, 1.82) is 5.26 Å². The fourth-order valence-corrected chi connectivity index (χ4v) is 2.32. The number of aromatic nitrogens is 2. The lowest BCUT2D eigenvalue weighted by Gasteiger charge is -2.07. The Labute approximate surface area is 127 Å². The Morgan fingerprint density at radius 2 is 2.00 bits per heavy atom. The highest BCUT2D eigenvalue weighted by atomic mass is 19.1. The van der Waals surface area contributed by atoms with Gasteiger partial charge in [0.15, 0.2) is 0 Å². The van der Waals surface area contributed by atoms with Crippen LogP contribution in [0, 0.1) is 31.0 Å². The molecule has 0 unspecified atom stereocenters. The number of nitriles is 1. The van der Waals surface area contributed by atoms with Crippen molar-refractivity contribution >= 4 is 10.9 Å². The van der Waals surface area contributed by atoms with E-state index in [1.165, 1.54) is 12.1 Å². The normalized spacial score (nSPS) is 10.6. The summed E-state index contributed by atoms with van der Waals surface area (Å²) < 4.78 is 18.6. The van der Waals surface area contributed by atoms with Crippen LogP contribution in [-0.2, 0) is 6.61 Å². The first kappa shape index (κ1) is 14.1. The third kappa shape index (κ3) is 2.51. The fourth-order valence-electron chi connectivity index (χ4n) is 2.32. The quantitative estimate of drug-likeness (QED) is 0.800. The minimum atomic E-state index is -0.286. The SMILES string of the molecule is Cc1[nH]c2c(OCc3ccc(F)cc3)nc(C#N)cc2c1C. The Morgan fingerprint density at radius 1 is 1.27 bits per heavy atom. The molecule has 0 spiro atoms. The number of pyridine rings is 1. The molecule has 0 aliphatic rings. The Kier molecular flexibility index (Phi) is 3.51. The van der Waals surface area contributed by atoms with Gasteiger partial charge >= 0.3 is 0 Å². The molecule has 0 amide bonds. The largest absolute Gasteiger partial charge is 0.471 e. The second kappa shape index (κ2) is 5.49. The van der Waals surface area contributed by atoms with Crippen LogP contribution in [0.25, 0.3) is 10.9 Å². The Hall–Kier alpha value is -2.87. The average Bonchev–Trinajstić information content (AvgIpc) is 2.82. The summed E-state index contributed by atoms with van der Waals surface area (Å²) in [5.41, 5.74) is 4.00. The van der Waals surface area contributed by atoms with Crippen LogP contribution in [0.1, 0.15) is 22.5 Å². The van der Waals surface area contributed by atoms with Gasteiger partial charge in [-0.3, -0.25) is 0 Å². The number of hydrogen-bond donors (Lipinski definition) is 1. The minimum absolute atomic E-state index is 0.258. The van der Waals surface area contributed by atoms with Gasteiger partial charge in [0.25, 0.3) is 0 Å². The molecule has 1 aromatic carbocycles. The second-order valence-electron chi connectivity index (χ2n) is 5.14. The van der Waals surface area contributed by atoms with Gasteiger partial charge < -0.3 is 9.72 Å². The summed E-state index contributed by atoms with van der Waals surface area (Å²) in [6, 6.07) is 9.88. The summed E-state index contributed by atoms with van der Waals surface area (Å²) in [7, 11) is 0. The lowest BCUT2D eigenvalue weighted by Crippen LogP contribution is -1.99. The maximum Gasteiger partial charge on any atom is 0.239 e. The molecule has 0 saturated heterocycles. The van der Waals surface area contributed by atoms with Crippen molar-refractivity contribution in [2.45, 2.75) is 20.5 Å². The van der Waals surface area contributed by atoms with E-state index in [-0.39, 0.29) is 12.4 Å². The molecule has 2 aromatic heterocycles. The number of aryl methyl sites for hydroxylation is 2. The molecule has 110 valence electrons. The molecule has 4 nitrogen and oxygen atoms in total. The van der Waals surface area contributed by atoms with Gasteiger partial charge in [0.1, 0.15) is 29.7 Å². The summed E-state index contributed by atoms with van der Waals surface area (Å²) >= 11 is 0. The third-order valence-corrected chi connectivity index (χ3v) is 3.67. The topological polar surface area (TPSA) is 61.7 Å². The van der Waals surface area contributed by atoms with Crippen molar-refractivity contribution in [3.8, 4) is 11.9 Å². The molecule has 2 heterocycles. The van der Waals surface area contributed by atoms with E-state index in [1.54, 1.807) is 18.2 Å². The summed E-state index contributed by atoms with van der Waals surface area (Å²) in [5, 5.41) is 10.0. The molecule has 0 saturated carbocycles. The van der Waals surface area contributed by atoms with E-state index in [0.717, 1.165) is 27.7 Å². The molecule has 3 rings (SSSR count). The highest BCUT2D eigenvalue weighted by Crippen LogP contribution is 2.29. The maximum atomic E-state index is 12.9. The van der Waals surface area contributed by atoms with Gasteiger partial charge in [-0.15, -0.1) is 0 Å². The fraction of sp³-hybridized carbons (Fsp3) is 0.176. The van der Waals surface area contributed by atoms with Crippen molar-refractivity contribution in [3.05, 3.63) is 58.7 Å². The van der Waals surface area contributed by atoms with Gasteiger partial charge in [-0.05, 0) is 43.2 Å². The zero-order valence-electron chi connectivity index (χ0n) is 12.3. The van der Waals surface area contributed by atoms with Gasteiger partial charge in [-0.25, -0.2) is 9.37 Å². The predicted molar refractivity (Wildman–Crippen MR) is 81.0 cm³/mol. The van der Waals surface area contributed by atoms with E-state index in [4.69, 9.17) is 10.00 Å². The van der Waals surface area contributed by atoms with E-state index in [2.05, 4.69) is 9.97 Å². The Bertz CT molecular complexity index is 876. The zero-order chi connectivity index (χ0) is 15.7. The predicted octanol–water partition coefficient (Wildman–Crippen LogP) is 3.77. The summed E-state index contributed by atoms with van der Waals surface area (Å²) in [6.45, 7) is 4.21. The third-order valence-electron chi connectivity index (χ3n) is 3.67. The first-order valence-electron chi connectivity index (χ1n) is 6.85. The van der Waals surface area contributed by atoms with Gasteiger partial charge in [0, 0.05) is 11.1 Å². The summed E-state index contributed by atoms with van der Waals surface area (Å²) in [4.78, 5) is 7.45. The summed E-state index contributed by atoms with van der Waals surface area (Å²) in [6.07, 6.45) is 0. The standard InChI is InChI=1S/C17H14FN3O/c1-10-11(2)20-16-15(10)7-14(8-19)21-17(16)22-9-12-3-5-13(18)6-4-12/h3-7,20H,9H2,1-2H3. The van der Waals surface area contributed by atoms with Gasteiger partial charge in [-0.1, -0.05) is 12.1 Å². The number of aromatic amines is 1. The number of nitrogens with one attached hydrogen (secondary N) is 1. The van der Waals surface area contributed by atoms with E-state index < -0.39 is 0 Å². The lowest BCUT2D eigenvalue weighted by atomic mass is 10.1. The molecule has 0 atom stereocenters. The smallest absolute Gasteiger partial charge is 0.239 e. The Balaban J connectivity index is 1.97. The van der Waals surface area contributed by atoms with Crippen molar-refractivity contribution < 1.29 is 9.13 Å². The summed E-state index contributed by atoms with van der Waals surface area (Å²) in [5.74, 6) is 0.0981. The molecule has 0 radical (unpaired) electrons. The van der Waals surface area contributed by atoms with Gasteiger partial charge in [0.05, 0.1) is 0 Å². The van der Waals surface area contributed by atoms with Crippen molar-refractivity contribution in [2.24, 2.45) is 0 Å². The van der Waals surface area contributed by atoms with Crippen LogP contribution in [-0.4, -0.2) is 9.97 Å². The minimum Gasteiger partial charge on any atom is -0.471 e. The lowest BCUT2D eigenvalue weighted by molar-refractivity contribution is 0.297. The molecule has 0 fully saturated rings. The van der Waals surface area contributed by atoms with Gasteiger partial charge in [0.2, 0.25) is 5.88 Å². The van der Waals surface area contributed by atoms with Crippen LogP contribution in [0.3, 0.4) is 0 Å². The highest BCUT2D eigenvalue weighted by Gasteiger charge is 2.13. The monoisotopic (exact) mass is 295 g/mol. The molecular formula is C17H14FN3O. The van der Waals surface area contributed by atoms with E-state index in [1.807, 2.05) is 19.9 Å². The number of hydrogen-bond acceptors (Lipinski definition) is 3. The zero-order valence-corrected chi connectivity index (χ0v) is 12.3.